The molecule has 1 saturated heterocycles. The largest absolute Gasteiger partial charge is 0.485 e. The van der Waals surface area contributed by atoms with Gasteiger partial charge in [-0.1, -0.05) is 12.1 Å². The number of nitro benzene ring substituents is 1. The van der Waals surface area contributed by atoms with E-state index in [9.17, 15) is 10.1 Å². The predicted octanol–water partition coefficient (Wildman–Crippen LogP) is 2.38. The van der Waals surface area contributed by atoms with Gasteiger partial charge in [0.1, 0.15) is 6.61 Å². The number of ether oxygens (including phenoxy) is 1. The molecule has 1 aliphatic heterocycles. The van der Waals surface area contributed by atoms with Crippen molar-refractivity contribution in [2.45, 2.75) is 19.8 Å². The number of nitro groups is 1. The zero-order chi connectivity index (χ0) is 13.0. The predicted molar refractivity (Wildman–Crippen MR) is 69.0 cm³/mol. The van der Waals surface area contributed by atoms with Crippen LogP contribution in [-0.4, -0.2) is 36.1 Å². The van der Waals surface area contributed by atoms with Gasteiger partial charge in [-0.25, -0.2) is 0 Å². The molecule has 0 aliphatic carbocycles. The molecule has 5 nitrogen and oxygen atoms in total. The molecule has 0 N–H and O–H groups in total. The first-order valence-corrected chi connectivity index (χ1v) is 6.27. The fraction of sp³-hybridized carbons (Fsp3) is 0.538. The summed E-state index contributed by atoms with van der Waals surface area (Å²) in [5, 5.41) is 11.0. The molecule has 0 spiro atoms. The van der Waals surface area contributed by atoms with Crippen LogP contribution in [-0.2, 0) is 0 Å². The summed E-state index contributed by atoms with van der Waals surface area (Å²) in [6.45, 7) is 5.29. The van der Waals surface area contributed by atoms with Crippen molar-refractivity contribution in [3.63, 3.8) is 0 Å². The molecule has 1 aromatic rings. The SMILES string of the molecule is Cc1cccc(OCCN2CCCC2)c1[N+](=O)[O-]. The zero-order valence-electron chi connectivity index (χ0n) is 10.6. The molecule has 1 fully saturated rings. The van der Waals surface area contributed by atoms with E-state index >= 15 is 0 Å². The molecule has 1 aromatic carbocycles. The van der Waals surface area contributed by atoms with E-state index in [1.165, 1.54) is 12.8 Å². The van der Waals surface area contributed by atoms with Crippen molar-refractivity contribution in [2.24, 2.45) is 0 Å². The van der Waals surface area contributed by atoms with E-state index in [0.29, 0.717) is 17.9 Å². The van der Waals surface area contributed by atoms with Gasteiger partial charge in [0.25, 0.3) is 0 Å². The van der Waals surface area contributed by atoms with Crippen LogP contribution >= 0.6 is 0 Å². The first-order valence-electron chi connectivity index (χ1n) is 6.27. The fourth-order valence-electron chi connectivity index (χ4n) is 2.27. The van der Waals surface area contributed by atoms with Crippen molar-refractivity contribution in [3.8, 4) is 5.75 Å². The number of hydrogen-bond donors (Lipinski definition) is 0. The Morgan fingerprint density at radius 1 is 1.39 bits per heavy atom. The van der Waals surface area contributed by atoms with E-state index in [-0.39, 0.29) is 10.6 Å². The monoisotopic (exact) mass is 250 g/mol. The lowest BCUT2D eigenvalue weighted by atomic mass is 10.2. The van der Waals surface area contributed by atoms with Gasteiger partial charge in [0, 0.05) is 12.1 Å². The number of aryl methyl sites for hydroxylation is 1. The molecule has 0 atom stereocenters. The van der Waals surface area contributed by atoms with Crippen LogP contribution < -0.4 is 4.74 Å². The Kier molecular flexibility index (Phi) is 4.15. The quantitative estimate of drug-likeness (QED) is 0.594. The molecule has 0 amide bonds. The molecule has 2 rings (SSSR count). The number of para-hydroxylation sites is 1. The maximum atomic E-state index is 11.0. The van der Waals surface area contributed by atoms with Crippen LogP contribution in [0, 0.1) is 17.0 Å². The highest BCUT2D eigenvalue weighted by molar-refractivity contribution is 5.51. The average molecular weight is 250 g/mol. The third-order valence-corrected chi connectivity index (χ3v) is 3.25. The first kappa shape index (κ1) is 12.8. The van der Waals surface area contributed by atoms with Gasteiger partial charge in [-0.2, -0.15) is 0 Å². The molecule has 0 aromatic heterocycles. The van der Waals surface area contributed by atoms with E-state index in [2.05, 4.69) is 4.90 Å². The Hall–Kier alpha value is -1.62. The van der Waals surface area contributed by atoms with Gasteiger partial charge < -0.3 is 4.74 Å². The third-order valence-electron chi connectivity index (χ3n) is 3.25. The molecule has 1 heterocycles. The number of nitrogens with zero attached hydrogens (tertiary/aromatic N) is 2. The van der Waals surface area contributed by atoms with Gasteiger partial charge in [-0.05, 0) is 38.9 Å². The van der Waals surface area contributed by atoms with Gasteiger partial charge >= 0.3 is 5.69 Å². The van der Waals surface area contributed by atoms with Crippen molar-refractivity contribution >= 4 is 5.69 Å². The minimum absolute atomic E-state index is 0.0823. The molecule has 98 valence electrons. The lowest BCUT2D eigenvalue weighted by Gasteiger charge is -2.15. The highest BCUT2D eigenvalue weighted by atomic mass is 16.6. The number of hydrogen-bond acceptors (Lipinski definition) is 4. The maximum Gasteiger partial charge on any atom is 0.313 e. The van der Waals surface area contributed by atoms with Crippen LogP contribution in [0.25, 0.3) is 0 Å². The summed E-state index contributed by atoms with van der Waals surface area (Å²) in [4.78, 5) is 12.9. The molecule has 0 saturated carbocycles. The maximum absolute atomic E-state index is 11.0. The summed E-state index contributed by atoms with van der Waals surface area (Å²) in [7, 11) is 0. The van der Waals surface area contributed by atoms with Crippen molar-refractivity contribution in [3.05, 3.63) is 33.9 Å². The summed E-state index contributed by atoms with van der Waals surface area (Å²) in [6, 6.07) is 5.17. The second-order valence-electron chi connectivity index (χ2n) is 4.58. The molecule has 18 heavy (non-hydrogen) atoms. The Morgan fingerprint density at radius 3 is 2.78 bits per heavy atom. The molecular formula is C13H18N2O3. The molecule has 0 radical (unpaired) electrons. The summed E-state index contributed by atoms with van der Waals surface area (Å²) in [6.07, 6.45) is 2.48. The first-order chi connectivity index (χ1) is 8.68. The minimum Gasteiger partial charge on any atom is -0.485 e. The van der Waals surface area contributed by atoms with E-state index in [1.54, 1.807) is 25.1 Å². The summed E-state index contributed by atoms with van der Waals surface area (Å²) >= 11 is 0. The van der Waals surface area contributed by atoms with Crippen LogP contribution in [0.4, 0.5) is 5.69 Å². The zero-order valence-corrected chi connectivity index (χ0v) is 10.6. The summed E-state index contributed by atoms with van der Waals surface area (Å²) in [5.74, 6) is 0.374. The topological polar surface area (TPSA) is 55.6 Å². The lowest BCUT2D eigenvalue weighted by Crippen LogP contribution is -2.25. The smallest absolute Gasteiger partial charge is 0.313 e. The normalized spacial score (nSPS) is 15.8. The van der Waals surface area contributed by atoms with Crippen molar-refractivity contribution < 1.29 is 9.66 Å². The molecule has 1 aliphatic rings. The number of rotatable bonds is 5. The second kappa shape index (κ2) is 5.82. The highest BCUT2D eigenvalue weighted by Gasteiger charge is 2.18. The molecule has 5 heteroatoms. The fourth-order valence-corrected chi connectivity index (χ4v) is 2.27. The lowest BCUT2D eigenvalue weighted by molar-refractivity contribution is -0.386. The molecule has 0 bridgehead atoms. The Balaban J connectivity index is 1.96. The molecular weight excluding hydrogens is 232 g/mol. The van der Waals surface area contributed by atoms with Crippen LogP contribution in [0.1, 0.15) is 18.4 Å². The van der Waals surface area contributed by atoms with Crippen LogP contribution in [0.5, 0.6) is 5.75 Å². The van der Waals surface area contributed by atoms with E-state index in [4.69, 9.17) is 4.74 Å². The summed E-state index contributed by atoms with van der Waals surface area (Å²) < 4.78 is 5.56. The van der Waals surface area contributed by atoms with E-state index < -0.39 is 0 Å². The standard InChI is InChI=1S/C13H18N2O3/c1-11-5-4-6-12(13(11)15(16)17)18-10-9-14-7-2-3-8-14/h4-6H,2-3,7-10H2,1H3. The Bertz CT molecular complexity index is 428. The van der Waals surface area contributed by atoms with Crippen molar-refractivity contribution in [1.82, 2.24) is 4.90 Å². The van der Waals surface area contributed by atoms with Crippen LogP contribution in [0.3, 0.4) is 0 Å². The van der Waals surface area contributed by atoms with Gasteiger partial charge in [0.05, 0.1) is 4.92 Å². The highest BCUT2D eigenvalue weighted by Crippen LogP contribution is 2.30. The van der Waals surface area contributed by atoms with Crippen LogP contribution in [0.2, 0.25) is 0 Å². The van der Waals surface area contributed by atoms with Gasteiger partial charge in [0.15, 0.2) is 5.75 Å². The minimum atomic E-state index is -0.374. The Labute approximate surface area is 107 Å². The molecule has 0 unspecified atom stereocenters. The van der Waals surface area contributed by atoms with Gasteiger partial charge in [0.2, 0.25) is 0 Å². The Morgan fingerprint density at radius 2 is 2.11 bits per heavy atom. The summed E-state index contributed by atoms with van der Waals surface area (Å²) in [5.41, 5.74) is 0.720. The van der Waals surface area contributed by atoms with Gasteiger partial charge in [-0.3, -0.25) is 15.0 Å². The van der Waals surface area contributed by atoms with Crippen molar-refractivity contribution in [2.75, 3.05) is 26.2 Å². The number of benzene rings is 1. The van der Waals surface area contributed by atoms with Crippen molar-refractivity contribution in [1.29, 1.82) is 0 Å². The second-order valence-corrected chi connectivity index (χ2v) is 4.58. The van der Waals surface area contributed by atoms with E-state index in [1.807, 2.05) is 0 Å². The third kappa shape index (κ3) is 2.98. The van der Waals surface area contributed by atoms with Gasteiger partial charge in [-0.15, -0.1) is 0 Å². The van der Waals surface area contributed by atoms with Crippen LogP contribution in [0.15, 0.2) is 18.2 Å². The number of likely N-dealkylation sites (tertiary alicyclic amines) is 1. The van der Waals surface area contributed by atoms with E-state index in [0.717, 1.165) is 19.6 Å². The average Bonchev–Trinajstić information content (AvgIpc) is 2.81.